The number of carbonyl (C=O) groups excluding carboxylic acids is 1. The van der Waals surface area contributed by atoms with Crippen LogP contribution in [0.25, 0.3) is 0 Å². The normalized spacial score (nSPS) is 14.2. The predicted octanol–water partition coefficient (Wildman–Crippen LogP) is 1.26. The van der Waals surface area contributed by atoms with Crippen LogP contribution < -0.4 is 5.73 Å². The zero-order valence-corrected chi connectivity index (χ0v) is 11.2. The molecule has 4 heteroatoms. The van der Waals surface area contributed by atoms with Crippen molar-refractivity contribution in [3.8, 4) is 11.8 Å². The molecule has 2 N–H and O–H groups in total. The van der Waals surface area contributed by atoms with Crippen molar-refractivity contribution in [2.75, 3.05) is 20.1 Å². The second kappa shape index (κ2) is 6.35. The number of rotatable bonds is 3. The molecule has 0 spiro atoms. The molecule has 4 nitrogen and oxygen atoms in total. The molecule has 0 bridgehead atoms. The fourth-order valence-corrected chi connectivity index (χ4v) is 2.18. The minimum atomic E-state index is 0.00983. The van der Waals surface area contributed by atoms with Gasteiger partial charge in [0.1, 0.15) is 0 Å². The van der Waals surface area contributed by atoms with E-state index < -0.39 is 0 Å². The van der Waals surface area contributed by atoms with Crippen LogP contribution in [0.2, 0.25) is 0 Å². The number of amides is 1. The summed E-state index contributed by atoms with van der Waals surface area (Å²) in [7, 11) is 1.85. The Balaban J connectivity index is 2.13. The molecular formula is C15H19N3O. The summed E-state index contributed by atoms with van der Waals surface area (Å²) < 4.78 is 0. The average molecular weight is 257 g/mol. The van der Waals surface area contributed by atoms with E-state index in [-0.39, 0.29) is 12.5 Å². The molecule has 1 aliphatic carbocycles. The van der Waals surface area contributed by atoms with Crippen LogP contribution in [0.1, 0.15) is 35.2 Å². The number of nitrogens with zero attached hydrogens (tertiary/aromatic N) is 2. The van der Waals surface area contributed by atoms with Crippen LogP contribution in [0.5, 0.6) is 0 Å². The van der Waals surface area contributed by atoms with E-state index in [2.05, 4.69) is 16.8 Å². The van der Waals surface area contributed by atoms with E-state index in [9.17, 15) is 4.79 Å². The fourth-order valence-electron chi connectivity index (χ4n) is 2.18. The number of aromatic nitrogens is 1. The Kier molecular flexibility index (Phi) is 4.53. The molecule has 0 aromatic carbocycles. The van der Waals surface area contributed by atoms with E-state index in [1.54, 1.807) is 23.4 Å². The van der Waals surface area contributed by atoms with Gasteiger partial charge in [-0.25, -0.2) is 0 Å². The van der Waals surface area contributed by atoms with Gasteiger partial charge in [0.2, 0.25) is 0 Å². The number of hydrogen-bond acceptors (Lipinski definition) is 3. The minimum absolute atomic E-state index is 0.00983. The average Bonchev–Trinajstić information content (AvgIpc) is 2.39. The monoisotopic (exact) mass is 257 g/mol. The van der Waals surface area contributed by atoms with Gasteiger partial charge < -0.3 is 10.6 Å². The Labute approximate surface area is 114 Å². The van der Waals surface area contributed by atoms with Crippen LogP contribution in [-0.4, -0.2) is 35.9 Å². The second-order valence-electron chi connectivity index (χ2n) is 4.91. The Morgan fingerprint density at radius 3 is 3.00 bits per heavy atom. The van der Waals surface area contributed by atoms with Crippen molar-refractivity contribution in [1.82, 2.24) is 9.88 Å². The van der Waals surface area contributed by atoms with Gasteiger partial charge in [-0.15, -0.1) is 0 Å². The first kappa shape index (κ1) is 13.6. The van der Waals surface area contributed by atoms with Crippen LogP contribution in [-0.2, 0) is 0 Å². The first-order valence-electron chi connectivity index (χ1n) is 6.60. The predicted molar refractivity (Wildman–Crippen MR) is 74.5 cm³/mol. The molecule has 100 valence electrons. The van der Waals surface area contributed by atoms with Crippen molar-refractivity contribution in [1.29, 1.82) is 0 Å². The van der Waals surface area contributed by atoms with Gasteiger partial charge in [-0.05, 0) is 24.8 Å². The molecule has 0 saturated heterocycles. The quantitative estimate of drug-likeness (QED) is 0.829. The standard InChI is InChI=1S/C15H19N3O/c1-18(11-12-4-2-5-12)15(19)14-7-9-17-10-13(14)6-3-8-16/h7,9-10,12H,2,4-5,8,11,16H2,1H3. The molecule has 0 atom stereocenters. The molecule has 1 aromatic rings. The molecule has 1 aliphatic rings. The van der Waals surface area contributed by atoms with Crippen molar-refractivity contribution in [2.24, 2.45) is 11.7 Å². The number of pyridine rings is 1. The lowest BCUT2D eigenvalue weighted by Crippen LogP contribution is -2.34. The highest BCUT2D eigenvalue weighted by Crippen LogP contribution is 2.27. The molecular weight excluding hydrogens is 238 g/mol. The second-order valence-corrected chi connectivity index (χ2v) is 4.91. The van der Waals surface area contributed by atoms with Crippen LogP contribution >= 0.6 is 0 Å². The van der Waals surface area contributed by atoms with Gasteiger partial charge in [0.25, 0.3) is 5.91 Å². The molecule has 1 aromatic heterocycles. The largest absolute Gasteiger partial charge is 0.341 e. The lowest BCUT2D eigenvalue weighted by Gasteiger charge is -2.30. The van der Waals surface area contributed by atoms with E-state index in [0.717, 1.165) is 6.54 Å². The third-order valence-corrected chi connectivity index (χ3v) is 3.48. The van der Waals surface area contributed by atoms with Gasteiger partial charge in [-0.2, -0.15) is 0 Å². The number of carbonyl (C=O) groups is 1. The molecule has 0 radical (unpaired) electrons. The first-order valence-corrected chi connectivity index (χ1v) is 6.60. The summed E-state index contributed by atoms with van der Waals surface area (Å²) in [5, 5.41) is 0. The summed E-state index contributed by atoms with van der Waals surface area (Å²) in [5.74, 6) is 6.35. The van der Waals surface area contributed by atoms with Gasteiger partial charge in [-0.3, -0.25) is 9.78 Å². The third kappa shape index (κ3) is 3.33. The lowest BCUT2D eigenvalue weighted by atomic mass is 9.85. The van der Waals surface area contributed by atoms with Gasteiger partial charge >= 0.3 is 0 Å². The molecule has 0 aliphatic heterocycles. The van der Waals surface area contributed by atoms with Crippen molar-refractivity contribution in [2.45, 2.75) is 19.3 Å². The van der Waals surface area contributed by atoms with Crippen molar-refractivity contribution in [3.63, 3.8) is 0 Å². The molecule has 1 saturated carbocycles. The number of nitrogens with two attached hydrogens (primary N) is 1. The summed E-state index contributed by atoms with van der Waals surface area (Å²) in [6.45, 7) is 1.10. The maximum absolute atomic E-state index is 12.4. The number of hydrogen-bond donors (Lipinski definition) is 1. The molecule has 0 unspecified atom stereocenters. The maximum atomic E-state index is 12.4. The van der Waals surface area contributed by atoms with E-state index in [4.69, 9.17) is 5.73 Å². The van der Waals surface area contributed by atoms with Gasteiger partial charge in [0, 0.05) is 26.0 Å². The van der Waals surface area contributed by atoms with Gasteiger partial charge in [0.05, 0.1) is 17.7 Å². The maximum Gasteiger partial charge on any atom is 0.254 e. The summed E-state index contributed by atoms with van der Waals surface area (Å²) in [6.07, 6.45) is 6.99. The Morgan fingerprint density at radius 2 is 2.37 bits per heavy atom. The minimum Gasteiger partial charge on any atom is -0.341 e. The van der Waals surface area contributed by atoms with Crippen molar-refractivity contribution in [3.05, 3.63) is 29.6 Å². The molecule has 2 rings (SSSR count). The van der Waals surface area contributed by atoms with E-state index in [0.29, 0.717) is 17.0 Å². The summed E-state index contributed by atoms with van der Waals surface area (Å²) in [5.41, 5.74) is 6.62. The molecule has 19 heavy (non-hydrogen) atoms. The van der Waals surface area contributed by atoms with Gasteiger partial charge in [-0.1, -0.05) is 18.3 Å². The lowest BCUT2D eigenvalue weighted by molar-refractivity contribution is 0.0745. The van der Waals surface area contributed by atoms with Gasteiger partial charge in [0.15, 0.2) is 0 Å². The smallest absolute Gasteiger partial charge is 0.254 e. The molecule has 1 fully saturated rings. The van der Waals surface area contributed by atoms with Crippen LogP contribution in [0.3, 0.4) is 0 Å². The highest BCUT2D eigenvalue weighted by Gasteiger charge is 2.22. The van der Waals surface area contributed by atoms with E-state index in [1.807, 2.05) is 7.05 Å². The van der Waals surface area contributed by atoms with Crippen LogP contribution in [0.15, 0.2) is 18.5 Å². The zero-order valence-electron chi connectivity index (χ0n) is 11.2. The Bertz CT molecular complexity index is 512. The van der Waals surface area contributed by atoms with Crippen LogP contribution in [0, 0.1) is 17.8 Å². The zero-order chi connectivity index (χ0) is 13.7. The first-order chi connectivity index (χ1) is 9.22. The van der Waals surface area contributed by atoms with E-state index >= 15 is 0 Å². The Morgan fingerprint density at radius 1 is 1.58 bits per heavy atom. The summed E-state index contributed by atoms with van der Waals surface area (Å²) in [4.78, 5) is 18.2. The van der Waals surface area contributed by atoms with Crippen molar-refractivity contribution >= 4 is 5.91 Å². The summed E-state index contributed by atoms with van der Waals surface area (Å²) in [6, 6.07) is 1.72. The van der Waals surface area contributed by atoms with E-state index in [1.165, 1.54) is 19.3 Å². The fraction of sp³-hybridized carbons (Fsp3) is 0.467. The topological polar surface area (TPSA) is 59.2 Å². The van der Waals surface area contributed by atoms with Crippen molar-refractivity contribution < 1.29 is 4.79 Å². The SMILES string of the molecule is CN(CC1CCC1)C(=O)c1ccncc1C#CCN. The third-order valence-electron chi connectivity index (χ3n) is 3.48. The summed E-state index contributed by atoms with van der Waals surface area (Å²) >= 11 is 0. The van der Waals surface area contributed by atoms with Crippen LogP contribution in [0.4, 0.5) is 0 Å². The molecule has 1 heterocycles. The highest BCUT2D eigenvalue weighted by atomic mass is 16.2. The molecule has 1 amide bonds. The Hall–Kier alpha value is -1.86. The highest BCUT2D eigenvalue weighted by molar-refractivity contribution is 5.96.